The number of amides is 1. The molecule has 2 bridgehead atoms. The standard InChI is InChI=1S/C31H30N8O4/c1-4-30(40)39-20-6-7-21(39)11-22(10-20)42-27-12-23-24(13-26(27)41-3)32-15-34-31(23)37-19-5-8-25(18(2)9-19)43-29-14-28-33-16-36-38(28)17-35-29/h4-5,8-9,12-17,20-22H,1,6-7,10-11H2,2-3H3,(H,32,34,37). The van der Waals surface area contributed by atoms with Crippen LogP contribution in [0, 0.1) is 6.92 Å². The van der Waals surface area contributed by atoms with E-state index in [4.69, 9.17) is 14.2 Å². The van der Waals surface area contributed by atoms with Gasteiger partial charge in [0.05, 0.1) is 12.6 Å². The van der Waals surface area contributed by atoms with Crippen molar-refractivity contribution in [3.63, 3.8) is 0 Å². The van der Waals surface area contributed by atoms with Gasteiger partial charge in [-0.1, -0.05) is 6.58 Å². The maximum absolute atomic E-state index is 12.4. The zero-order chi connectivity index (χ0) is 29.5. The summed E-state index contributed by atoms with van der Waals surface area (Å²) in [6.07, 6.45) is 9.43. The molecule has 0 radical (unpaired) electrons. The van der Waals surface area contributed by atoms with Gasteiger partial charge in [-0.3, -0.25) is 4.79 Å². The number of piperidine rings is 1. The molecule has 2 aromatic carbocycles. The van der Waals surface area contributed by atoms with Gasteiger partial charge < -0.3 is 24.4 Å². The Kier molecular flexibility index (Phi) is 6.72. The SMILES string of the molecule is C=CC(=O)N1C2CCC1CC(Oc1cc3c(Nc4ccc(Oc5cc6ncnn6cn5)c(C)c4)ncnc3cc1OC)C2. The molecule has 2 fully saturated rings. The van der Waals surface area contributed by atoms with Crippen molar-refractivity contribution in [2.45, 2.75) is 50.8 Å². The third kappa shape index (κ3) is 5.05. The lowest BCUT2D eigenvalue weighted by atomic mass is 9.99. The van der Waals surface area contributed by atoms with Crippen LogP contribution in [-0.4, -0.2) is 65.7 Å². The first-order chi connectivity index (χ1) is 21.0. The van der Waals surface area contributed by atoms with E-state index in [2.05, 4.69) is 36.9 Å². The molecule has 12 nitrogen and oxygen atoms in total. The number of methoxy groups -OCH3 is 1. The summed E-state index contributed by atoms with van der Waals surface area (Å²) < 4.78 is 19.8. The molecule has 1 N–H and O–H groups in total. The first kappa shape index (κ1) is 26.6. The average molecular weight is 579 g/mol. The van der Waals surface area contributed by atoms with Gasteiger partial charge in [-0.2, -0.15) is 5.10 Å². The quantitative estimate of drug-likeness (QED) is 0.251. The largest absolute Gasteiger partial charge is 0.493 e. The Morgan fingerprint density at radius 2 is 1.84 bits per heavy atom. The highest BCUT2D eigenvalue weighted by Gasteiger charge is 2.43. The topological polar surface area (TPSA) is 129 Å². The number of hydrogen-bond donors (Lipinski definition) is 1. The van der Waals surface area contributed by atoms with Gasteiger partial charge in [-0.05, 0) is 55.7 Å². The number of ether oxygens (including phenoxy) is 3. The molecule has 3 aromatic heterocycles. The summed E-state index contributed by atoms with van der Waals surface area (Å²) in [5, 5.41) is 8.28. The van der Waals surface area contributed by atoms with Crippen molar-refractivity contribution in [1.29, 1.82) is 0 Å². The van der Waals surface area contributed by atoms with Gasteiger partial charge in [0.25, 0.3) is 0 Å². The zero-order valence-electron chi connectivity index (χ0n) is 23.8. The molecule has 0 aliphatic carbocycles. The number of nitrogens with one attached hydrogen (secondary N) is 1. The second-order valence-corrected chi connectivity index (χ2v) is 10.8. The predicted octanol–water partition coefficient (Wildman–Crippen LogP) is 5.01. The van der Waals surface area contributed by atoms with Crippen LogP contribution < -0.4 is 19.5 Å². The fraction of sp³-hybridized carbons (Fsp3) is 0.290. The molecule has 43 heavy (non-hydrogen) atoms. The molecule has 2 unspecified atom stereocenters. The fourth-order valence-electron chi connectivity index (χ4n) is 6.14. The summed E-state index contributed by atoms with van der Waals surface area (Å²) in [4.78, 5) is 31.8. The molecule has 1 amide bonds. The number of anilines is 2. The van der Waals surface area contributed by atoms with Crippen molar-refractivity contribution >= 4 is 34.0 Å². The number of carbonyl (C=O) groups is 1. The van der Waals surface area contributed by atoms with E-state index in [0.29, 0.717) is 34.6 Å². The number of carbonyl (C=O) groups excluding carboxylic acids is 1. The second kappa shape index (κ2) is 10.9. The minimum Gasteiger partial charge on any atom is -0.493 e. The molecule has 2 aliphatic heterocycles. The Bertz CT molecular complexity index is 1840. The molecular formula is C31H30N8O4. The van der Waals surface area contributed by atoms with Gasteiger partial charge in [-0.25, -0.2) is 24.5 Å². The van der Waals surface area contributed by atoms with Crippen LogP contribution in [-0.2, 0) is 4.79 Å². The monoisotopic (exact) mass is 578 g/mol. The lowest BCUT2D eigenvalue weighted by molar-refractivity contribution is -0.131. The average Bonchev–Trinajstić information content (AvgIpc) is 3.59. The zero-order valence-corrected chi connectivity index (χ0v) is 23.8. The van der Waals surface area contributed by atoms with Crippen LogP contribution in [0.4, 0.5) is 11.5 Å². The second-order valence-electron chi connectivity index (χ2n) is 10.8. The molecule has 2 atom stereocenters. The van der Waals surface area contributed by atoms with Crippen LogP contribution in [0.15, 0.2) is 68.0 Å². The molecule has 5 aromatic rings. The molecule has 2 saturated heterocycles. The smallest absolute Gasteiger partial charge is 0.246 e. The minimum absolute atomic E-state index is 0.00183. The van der Waals surface area contributed by atoms with Crippen molar-refractivity contribution in [3.8, 4) is 23.1 Å². The van der Waals surface area contributed by atoms with Crippen molar-refractivity contribution in [2.24, 2.45) is 0 Å². The Balaban J connectivity index is 1.12. The molecule has 0 saturated carbocycles. The number of aromatic nitrogens is 6. The summed E-state index contributed by atoms with van der Waals surface area (Å²) in [5.74, 6) is 2.96. The lowest BCUT2D eigenvalue weighted by Crippen LogP contribution is -2.48. The first-order valence-electron chi connectivity index (χ1n) is 14.1. The summed E-state index contributed by atoms with van der Waals surface area (Å²) in [6.45, 7) is 5.64. The van der Waals surface area contributed by atoms with Gasteiger partial charge in [-0.15, -0.1) is 0 Å². The van der Waals surface area contributed by atoms with Gasteiger partial charge in [0, 0.05) is 48.1 Å². The van der Waals surface area contributed by atoms with E-state index in [1.807, 2.05) is 42.2 Å². The van der Waals surface area contributed by atoms with E-state index >= 15 is 0 Å². The van der Waals surface area contributed by atoms with Crippen molar-refractivity contribution < 1.29 is 19.0 Å². The van der Waals surface area contributed by atoms with Crippen LogP contribution in [0.5, 0.6) is 23.1 Å². The van der Waals surface area contributed by atoms with Crippen LogP contribution in [0.1, 0.15) is 31.2 Å². The Labute approximate surface area is 247 Å². The third-order valence-corrected chi connectivity index (χ3v) is 8.13. The summed E-state index contributed by atoms with van der Waals surface area (Å²) in [6, 6.07) is 11.6. The third-order valence-electron chi connectivity index (χ3n) is 8.13. The maximum atomic E-state index is 12.4. The fourth-order valence-corrected chi connectivity index (χ4v) is 6.14. The molecule has 0 spiro atoms. The van der Waals surface area contributed by atoms with E-state index in [1.54, 1.807) is 24.0 Å². The van der Waals surface area contributed by atoms with Crippen molar-refractivity contribution in [1.82, 2.24) is 34.4 Å². The predicted molar refractivity (Wildman–Crippen MR) is 159 cm³/mol. The van der Waals surface area contributed by atoms with Crippen LogP contribution in [0.2, 0.25) is 0 Å². The number of fused-ring (bicyclic) bond motifs is 4. The summed E-state index contributed by atoms with van der Waals surface area (Å²) >= 11 is 0. The van der Waals surface area contributed by atoms with Crippen molar-refractivity contribution in [3.05, 3.63) is 73.6 Å². The van der Waals surface area contributed by atoms with E-state index < -0.39 is 0 Å². The highest BCUT2D eigenvalue weighted by molar-refractivity contribution is 5.93. The van der Waals surface area contributed by atoms with E-state index in [9.17, 15) is 4.79 Å². The van der Waals surface area contributed by atoms with Gasteiger partial charge in [0.2, 0.25) is 11.8 Å². The molecule has 5 heterocycles. The van der Waals surface area contributed by atoms with Crippen LogP contribution in [0.25, 0.3) is 16.6 Å². The Morgan fingerprint density at radius 3 is 2.60 bits per heavy atom. The summed E-state index contributed by atoms with van der Waals surface area (Å²) in [7, 11) is 1.62. The van der Waals surface area contributed by atoms with Crippen LogP contribution >= 0.6 is 0 Å². The molecular weight excluding hydrogens is 548 g/mol. The molecule has 2 aliphatic rings. The van der Waals surface area contributed by atoms with E-state index in [0.717, 1.165) is 47.8 Å². The van der Waals surface area contributed by atoms with E-state index in [-0.39, 0.29) is 24.1 Å². The Hall–Kier alpha value is -5.26. The molecule has 7 rings (SSSR count). The molecule has 12 heteroatoms. The number of benzene rings is 2. The lowest BCUT2D eigenvalue weighted by Gasteiger charge is -2.38. The van der Waals surface area contributed by atoms with Crippen LogP contribution in [0.3, 0.4) is 0 Å². The van der Waals surface area contributed by atoms with Gasteiger partial charge in [0.15, 0.2) is 17.1 Å². The normalized spacial score (nSPS) is 19.4. The minimum atomic E-state index is -0.0334. The number of hydrogen-bond acceptors (Lipinski definition) is 10. The number of rotatable bonds is 8. The number of aryl methyl sites for hydroxylation is 1. The highest BCUT2D eigenvalue weighted by Crippen LogP contribution is 2.41. The Morgan fingerprint density at radius 1 is 1.00 bits per heavy atom. The van der Waals surface area contributed by atoms with Gasteiger partial charge >= 0.3 is 0 Å². The molecule has 218 valence electrons. The number of nitrogens with zero attached hydrogens (tertiary/aromatic N) is 7. The van der Waals surface area contributed by atoms with Crippen molar-refractivity contribution in [2.75, 3.05) is 12.4 Å². The van der Waals surface area contributed by atoms with Gasteiger partial charge in [0.1, 0.15) is 36.7 Å². The first-order valence-corrected chi connectivity index (χ1v) is 14.1. The summed E-state index contributed by atoms with van der Waals surface area (Å²) in [5.41, 5.74) is 3.12. The van der Waals surface area contributed by atoms with E-state index in [1.165, 1.54) is 18.7 Å². The maximum Gasteiger partial charge on any atom is 0.246 e. The highest BCUT2D eigenvalue weighted by atomic mass is 16.5.